The Morgan fingerprint density at radius 1 is 1.44 bits per heavy atom. The summed E-state index contributed by atoms with van der Waals surface area (Å²) in [4.78, 5) is 22.8. The Bertz CT molecular complexity index is 399. The quantitative estimate of drug-likeness (QED) is 0.763. The second-order valence-electron chi connectivity index (χ2n) is 4.29. The second-order valence-corrected chi connectivity index (χ2v) is 4.29. The summed E-state index contributed by atoms with van der Waals surface area (Å²) in [6, 6.07) is 0. The highest BCUT2D eigenvalue weighted by Gasteiger charge is 2.49. The zero-order valence-electron chi connectivity index (χ0n) is 9.46. The lowest BCUT2D eigenvalue weighted by molar-refractivity contribution is -0.189. The number of carboxylic acids is 1. The summed E-state index contributed by atoms with van der Waals surface area (Å²) in [7, 11) is 0. The molecule has 1 fully saturated rings. The number of likely N-dealkylation sites (tertiary alicyclic amines) is 1. The highest BCUT2D eigenvalue weighted by Crippen LogP contribution is 2.35. The summed E-state index contributed by atoms with van der Waals surface area (Å²) < 4.78 is 36.9. The third kappa shape index (κ3) is 2.75. The number of aliphatic carboxylic acids is 1. The van der Waals surface area contributed by atoms with E-state index in [-0.39, 0.29) is 25.8 Å². The maximum Gasteiger partial charge on any atom is 0.471 e. The van der Waals surface area contributed by atoms with Crippen LogP contribution in [0.2, 0.25) is 0 Å². The molecule has 0 bridgehead atoms. The van der Waals surface area contributed by atoms with Crippen molar-refractivity contribution in [2.45, 2.75) is 25.4 Å². The van der Waals surface area contributed by atoms with Crippen LogP contribution in [0, 0.1) is 17.8 Å². The number of carbonyl (C=O) groups excluding carboxylic acids is 1. The topological polar surface area (TPSA) is 57.6 Å². The first-order valence-corrected chi connectivity index (χ1v) is 5.26. The molecule has 1 aliphatic heterocycles. The molecule has 0 spiro atoms. The molecule has 0 radical (unpaired) electrons. The molecule has 1 aliphatic rings. The lowest BCUT2D eigenvalue weighted by Gasteiger charge is -2.39. The van der Waals surface area contributed by atoms with Crippen LogP contribution in [0.3, 0.4) is 0 Å². The summed E-state index contributed by atoms with van der Waals surface area (Å²) in [6.45, 7) is -0.594. The third-order valence-electron chi connectivity index (χ3n) is 3.00. The Morgan fingerprint density at radius 3 is 2.50 bits per heavy atom. The van der Waals surface area contributed by atoms with Gasteiger partial charge in [0.15, 0.2) is 0 Å². The van der Waals surface area contributed by atoms with Gasteiger partial charge in [-0.15, -0.1) is 12.3 Å². The number of carbonyl (C=O) groups is 2. The van der Waals surface area contributed by atoms with Gasteiger partial charge in [-0.3, -0.25) is 9.59 Å². The van der Waals surface area contributed by atoms with E-state index in [0.717, 1.165) is 0 Å². The first kappa shape index (κ1) is 14.4. The molecular formula is C11H12F3NO3. The predicted molar refractivity (Wildman–Crippen MR) is 55.4 cm³/mol. The zero-order chi connectivity index (χ0) is 14.0. The Balaban J connectivity index is 2.92. The molecule has 0 aliphatic carbocycles. The highest BCUT2D eigenvalue weighted by atomic mass is 19.4. The number of carboxylic acid groups (broad SMARTS) is 1. The summed E-state index contributed by atoms with van der Waals surface area (Å²) in [5.74, 6) is -1.12. The van der Waals surface area contributed by atoms with E-state index in [2.05, 4.69) is 5.92 Å². The first-order chi connectivity index (χ1) is 8.23. The number of amides is 1. The fraction of sp³-hybridized carbons (Fsp3) is 0.636. The molecule has 18 heavy (non-hydrogen) atoms. The largest absolute Gasteiger partial charge is 0.481 e. The summed E-state index contributed by atoms with van der Waals surface area (Å²) in [5, 5.41) is 9.11. The van der Waals surface area contributed by atoms with Gasteiger partial charge in [0.2, 0.25) is 0 Å². The summed E-state index contributed by atoms with van der Waals surface area (Å²) in [5.41, 5.74) is -1.46. The maximum absolute atomic E-state index is 12.3. The molecular weight excluding hydrogens is 251 g/mol. The Kier molecular flexibility index (Phi) is 3.89. The third-order valence-corrected chi connectivity index (χ3v) is 3.00. The average molecular weight is 263 g/mol. The van der Waals surface area contributed by atoms with Gasteiger partial charge in [0.1, 0.15) is 0 Å². The molecule has 1 unspecified atom stereocenters. The molecule has 100 valence electrons. The first-order valence-electron chi connectivity index (χ1n) is 5.26. The van der Waals surface area contributed by atoms with E-state index in [1.807, 2.05) is 0 Å². The molecule has 1 atom stereocenters. The maximum atomic E-state index is 12.3. The van der Waals surface area contributed by atoms with E-state index < -0.39 is 30.0 Å². The lowest BCUT2D eigenvalue weighted by Crippen LogP contribution is -2.53. The van der Waals surface area contributed by atoms with Crippen LogP contribution in [0.5, 0.6) is 0 Å². The molecule has 1 heterocycles. The van der Waals surface area contributed by atoms with Crippen LogP contribution in [-0.4, -0.2) is 41.1 Å². The second kappa shape index (κ2) is 4.88. The van der Waals surface area contributed by atoms with Crippen molar-refractivity contribution in [1.82, 2.24) is 4.90 Å². The fourth-order valence-electron chi connectivity index (χ4n) is 2.07. The number of hydrogen-bond donors (Lipinski definition) is 1. The number of piperidine rings is 1. The van der Waals surface area contributed by atoms with Crippen molar-refractivity contribution >= 4 is 11.9 Å². The monoisotopic (exact) mass is 263 g/mol. The highest BCUT2D eigenvalue weighted by molar-refractivity contribution is 5.83. The molecule has 7 heteroatoms. The molecule has 1 N–H and O–H groups in total. The van der Waals surface area contributed by atoms with E-state index in [1.54, 1.807) is 0 Å². The van der Waals surface area contributed by atoms with E-state index in [1.165, 1.54) is 0 Å². The van der Waals surface area contributed by atoms with Crippen molar-refractivity contribution < 1.29 is 27.9 Å². The van der Waals surface area contributed by atoms with Crippen molar-refractivity contribution in [3.05, 3.63) is 0 Å². The SMILES string of the molecule is C#CCC1(C(=O)O)CCCN(C(=O)C(F)(F)F)C1. The minimum Gasteiger partial charge on any atom is -0.481 e. The van der Waals surface area contributed by atoms with Crippen LogP contribution in [0.1, 0.15) is 19.3 Å². The Hall–Kier alpha value is -1.71. The summed E-state index contributed by atoms with van der Waals surface area (Å²) in [6.07, 6.45) is 0.237. The molecule has 0 saturated carbocycles. The van der Waals surface area contributed by atoms with Crippen molar-refractivity contribution in [1.29, 1.82) is 0 Å². The fourth-order valence-corrected chi connectivity index (χ4v) is 2.07. The summed E-state index contributed by atoms with van der Waals surface area (Å²) >= 11 is 0. The van der Waals surface area contributed by atoms with Gasteiger partial charge in [0, 0.05) is 19.5 Å². The van der Waals surface area contributed by atoms with Crippen LogP contribution < -0.4 is 0 Å². The van der Waals surface area contributed by atoms with E-state index in [4.69, 9.17) is 11.5 Å². The van der Waals surface area contributed by atoms with Crippen LogP contribution in [0.25, 0.3) is 0 Å². The van der Waals surface area contributed by atoms with Crippen LogP contribution in [0.4, 0.5) is 13.2 Å². The van der Waals surface area contributed by atoms with Crippen molar-refractivity contribution in [2.24, 2.45) is 5.41 Å². The number of alkyl halides is 3. The number of rotatable bonds is 2. The molecule has 1 amide bonds. The van der Waals surface area contributed by atoms with E-state index in [0.29, 0.717) is 4.90 Å². The molecule has 1 saturated heterocycles. The van der Waals surface area contributed by atoms with Gasteiger partial charge in [0.25, 0.3) is 0 Å². The molecule has 0 aromatic rings. The standard InChI is InChI=1S/C11H12F3NO3/c1-2-4-10(9(17)18)5-3-6-15(7-10)8(16)11(12,13)14/h1H,3-7H2,(H,17,18). The molecule has 0 aromatic heterocycles. The van der Waals surface area contributed by atoms with Crippen molar-refractivity contribution in [3.63, 3.8) is 0 Å². The number of terminal acetylenes is 1. The molecule has 1 rings (SSSR count). The Morgan fingerprint density at radius 2 is 2.06 bits per heavy atom. The van der Waals surface area contributed by atoms with Gasteiger partial charge in [-0.25, -0.2) is 0 Å². The van der Waals surface area contributed by atoms with Crippen molar-refractivity contribution in [2.75, 3.05) is 13.1 Å². The van der Waals surface area contributed by atoms with Crippen LogP contribution >= 0.6 is 0 Å². The van der Waals surface area contributed by atoms with Gasteiger partial charge in [-0.2, -0.15) is 13.2 Å². The molecule has 4 nitrogen and oxygen atoms in total. The lowest BCUT2D eigenvalue weighted by atomic mass is 9.77. The van der Waals surface area contributed by atoms with Gasteiger partial charge in [-0.05, 0) is 12.8 Å². The molecule has 0 aromatic carbocycles. The van der Waals surface area contributed by atoms with Crippen LogP contribution in [0.15, 0.2) is 0 Å². The zero-order valence-corrected chi connectivity index (χ0v) is 9.46. The Labute approximate surface area is 102 Å². The predicted octanol–water partition coefficient (Wildman–Crippen LogP) is 1.27. The minimum atomic E-state index is -4.99. The van der Waals surface area contributed by atoms with E-state index in [9.17, 15) is 22.8 Å². The van der Waals surface area contributed by atoms with Gasteiger partial charge < -0.3 is 10.0 Å². The minimum absolute atomic E-state index is 0.0993. The average Bonchev–Trinajstić information content (AvgIpc) is 2.27. The van der Waals surface area contributed by atoms with Crippen molar-refractivity contribution in [3.8, 4) is 12.3 Å². The number of halogens is 3. The van der Waals surface area contributed by atoms with E-state index >= 15 is 0 Å². The smallest absolute Gasteiger partial charge is 0.471 e. The van der Waals surface area contributed by atoms with Gasteiger partial charge in [0.05, 0.1) is 5.41 Å². The van der Waals surface area contributed by atoms with Crippen LogP contribution in [-0.2, 0) is 9.59 Å². The number of hydrogen-bond acceptors (Lipinski definition) is 2. The van der Waals surface area contributed by atoms with Gasteiger partial charge >= 0.3 is 18.1 Å². The van der Waals surface area contributed by atoms with Gasteiger partial charge in [-0.1, -0.05) is 0 Å². The number of nitrogens with zero attached hydrogens (tertiary/aromatic N) is 1. The normalized spacial score (nSPS) is 24.4.